The molecule has 2 fully saturated rings. The van der Waals surface area contributed by atoms with Crippen LogP contribution in [-0.4, -0.2) is 79.7 Å². The number of amides is 1. The molecule has 1 N–H and O–H groups in total. The highest BCUT2D eigenvalue weighted by atomic mass is 127. The average molecular weight is 489 g/mol. The highest BCUT2D eigenvalue weighted by Gasteiger charge is 2.30. The standard InChI is InChI=1S/C18H27N5O3.HI/c1-19-18(21-13-14-5-3-7-20-16(14)25-2)23-10-8-22(9-11-23)17(24)15-6-4-12-26-15;/h3,5,7,15H,4,6,8-13H2,1-2H3,(H,19,21);1H. The fourth-order valence-electron chi connectivity index (χ4n) is 3.36. The molecule has 1 atom stereocenters. The second-order valence-electron chi connectivity index (χ2n) is 6.39. The summed E-state index contributed by atoms with van der Waals surface area (Å²) in [6.07, 6.45) is 3.29. The number of methoxy groups -OCH3 is 1. The van der Waals surface area contributed by atoms with Crippen LogP contribution in [0, 0.1) is 0 Å². The van der Waals surface area contributed by atoms with Crippen molar-refractivity contribution in [1.29, 1.82) is 0 Å². The number of guanidine groups is 1. The van der Waals surface area contributed by atoms with Crippen molar-refractivity contribution in [1.82, 2.24) is 20.1 Å². The van der Waals surface area contributed by atoms with E-state index in [0.717, 1.165) is 37.5 Å². The van der Waals surface area contributed by atoms with Crippen LogP contribution in [-0.2, 0) is 16.1 Å². The minimum atomic E-state index is -0.239. The summed E-state index contributed by atoms with van der Waals surface area (Å²) in [5.41, 5.74) is 0.975. The van der Waals surface area contributed by atoms with Gasteiger partial charge in [0.05, 0.1) is 7.11 Å². The maximum absolute atomic E-state index is 12.4. The summed E-state index contributed by atoms with van der Waals surface area (Å²) in [4.78, 5) is 25.1. The van der Waals surface area contributed by atoms with E-state index in [4.69, 9.17) is 9.47 Å². The number of rotatable bonds is 4. The number of hydrogen-bond acceptors (Lipinski definition) is 5. The number of aromatic nitrogens is 1. The number of carbonyl (C=O) groups is 1. The minimum Gasteiger partial charge on any atom is -0.481 e. The molecule has 1 unspecified atom stereocenters. The van der Waals surface area contributed by atoms with Gasteiger partial charge in [-0.25, -0.2) is 4.98 Å². The molecule has 0 aromatic carbocycles. The molecular formula is C18H28IN5O3. The number of nitrogens with one attached hydrogen (secondary N) is 1. The zero-order valence-electron chi connectivity index (χ0n) is 15.9. The van der Waals surface area contributed by atoms with Crippen LogP contribution < -0.4 is 10.1 Å². The smallest absolute Gasteiger partial charge is 0.251 e. The van der Waals surface area contributed by atoms with Crippen molar-refractivity contribution < 1.29 is 14.3 Å². The van der Waals surface area contributed by atoms with Crippen molar-refractivity contribution in [2.75, 3.05) is 46.9 Å². The molecule has 0 spiro atoms. The van der Waals surface area contributed by atoms with E-state index in [1.165, 1.54) is 0 Å². The van der Waals surface area contributed by atoms with E-state index >= 15 is 0 Å². The normalized spacial score (nSPS) is 20.2. The van der Waals surface area contributed by atoms with Crippen LogP contribution in [0.1, 0.15) is 18.4 Å². The summed E-state index contributed by atoms with van der Waals surface area (Å²) in [5, 5.41) is 3.36. The molecule has 2 aliphatic heterocycles. The summed E-state index contributed by atoms with van der Waals surface area (Å²) in [5.74, 6) is 1.56. The Morgan fingerprint density at radius 3 is 2.74 bits per heavy atom. The molecule has 2 saturated heterocycles. The minimum absolute atomic E-state index is 0. The lowest BCUT2D eigenvalue weighted by Crippen LogP contribution is -2.55. The molecule has 2 aliphatic rings. The third-order valence-electron chi connectivity index (χ3n) is 4.79. The second kappa shape index (κ2) is 10.6. The first-order valence-corrected chi connectivity index (χ1v) is 9.06. The van der Waals surface area contributed by atoms with Crippen molar-refractivity contribution in [3.63, 3.8) is 0 Å². The number of piperazine rings is 1. The van der Waals surface area contributed by atoms with Gasteiger partial charge in [0.1, 0.15) is 6.10 Å². The van der Waals surface area contributed by atoms with E-state index in [1.807, 2.05) is 17.0 Å². The van der Waals surface area contributed by atoms with Crippen molar-refractivity contribution in [2.24, 2.45) is 4.99 Å². The lowest BCUT2D eigenvalue weighted by molar-refractivity contribution is -0.142. The molecule has 9 heteroatoms. The summed E-state index contributed by atoms with van der Waals surface area (Å²) < 4.78 is 10.8. The SMILES string of the molecule is CN=C(NCc1cccnc1OC)N1CCN(C(=O)C2CCCO2)CC1.I. The molecule has 1 aromatic rings. The molecule has 3 rings (SSSR count). The van der Waals surface area contributed by atoms with Gasteiger partial charge in [0.25, 0.3) is 5.91 Å². The Labute approximate surface area is 177 Å². The number of halogens is 1. The number of aliphatic imine (C=N–C) groups is 1. The number of nitrogens with zero attached hydrogens (tertiary/aromatic N) is 4. The van der Waals surface area contributed by atoms with E-state index in [-0.39, 0.29) is 36.0 Å². The van der Waals surface area contributed by atoms with Gasteiger partial charge in [0, 0.05) is 58.1 Å². The predicted octanol–water partition coefficient (Wildman–Crippen LogP) is 1.11. The third kappa shape index (κ3) is 5.44. The van der Waals surface area contributed by atoms with Gasteiger partial charge in [-0.05, 0) is 18.9 Å². The van der Waals surface area contributed by atoms with Gasteiger partial charge in [-0.3, -0.25) is 9.79 Å². The maximum Gasteiger partial charge on any atom is 0.251 e. The van der Waals surface area contributed by atoms with Gasteiger partial charge < -0.3 is 24.6 Å². The first-order valence-electron chi connectivity index (χ1n) is 9.06. The average Bonchev–Trinajstić information content (AvgIpc) is 3.23. The van der Waals surface area contributed by atoms with Crippen LogP contribution in [0.25, 0.3) is 0 Å². The molecule has 0 bridgehead atoms. The number of hydrogen-bond donors (Lipinski definition) is 1. The zero-order valence-corrected chi connectivity index (χ0v) is 18.2. The van der Waals surface area contributed by atoms with Crippen molar-refractivity contribution in [3.05, 3.63) is 23.9 Å². The second-order valence-corrected chi connectivity index (χ2v) is 6.39. The van der Waals surface area contributed by atoms with Gasteiger partial charge in [0.2, 0.25) is 5.88 Å². The molecular weight excluding hydrogens is 461 g/mol. The van der Waals surface area contributed by atoms with Crippen LogP contribution in [0.4, 0.5) is 0 Å². The summed E-state index contributed by atoms with van der Waals surface area (Å²) in [6, 6.07) is 3.86. The molecule has 3 heterocycles. The van der Waals surface area contributed by atoms with Crippen molar-refractivity contribution in [3.8, 4) is 5.88 Å². The number of pyridine rings is 1. The highest BCUT2D eigenvalue weighted by Crippen LogP contribution is 2.16. The van der Waals surface area contributed by atoms with Crippen LogP contribution >= 0.6 is 24.0 Å². The summed E-state index contributed by atoms with van der Waals surface area (Å²) in [7, 11) is 3.39. The quantitative estimate of drug-likeness (QED) is 0.388. The molecule has 1 aromatic heterocycles. The fraction of sp³-hybridized carbons (Fsp3) is 0.611. The fourth-order valence-corrected chi connectivity index (χ4v) is 3.36. The first-order chi connectivity index (χ1) is 12.7. The van der Waals surface area contributed by atoms with Crippen LogP contribution in [0.2, 0.25) is 0 Å². The monoisotopic (exact) mass is 489 g/mol. The summed E-state index contributed by atoms with van der Waals surface area (Å²) in [6.45, 7) is 4.17. The van der Waals surface area contributed by atoms with E-state index < -0.39 is 0 Å². The molecule has 0 aliphatic carbocycles. The third-order valence-corrected chi connectivity index (χ3v) is 4.79. The molecule has 27 heavy (non-hydrogen) atoms. The largest absolute Gasteiger partial charge is 0.481 e. The Bertz CT molecular complexity index is 644. The van der Waals surface area contributed by atoms with Gasteiger partial charge in [-0.1, -0.05) is 6.07 Å². The molecule has 0 saturated carbocycles. The summed E-state index contributed by atoms with van der Waals surface area (Å²) >= 11 is 0. The van der Waals surface area contributed by atoms with Gasteiger partial charge in [-0.2, -0.15) is 0 Å². The first kappa shape index (κ1) is 21.7. The van der Waals surface area contributed by atoms with E-state index in [1.54, 1.807) is 20.4 Å². The highest BCUT2D eigenvalue weighted by molar-refractivity contribution is 14.0. The van der Waals surface area contributed by atoms with E-state index in [2.05, 4.69) is 20.2 Å². The van der Waals surface area contributed by atoms with Crippen molar-refractivity contribution in [2.45, 2.75) is 25.5 Å². The predicted molar refractivity (Wildman–Crippen MR) is 114 cm³/mol. The van der Waals surface area contributed by atoms with Crippen molar-refractivity contribution >= 4 is 35.8 Å². The van der Waals surface area contributed by atoms with E-state index in [0.29, 0.717) is 32.1 Å². The van der Waals surface area contributed by atoms with Gasteiger partial charge in [-0.15, -0.1) is 24.0 Å². The zero-order chi connectivity index (χ0) is 18.4. The van der Waals surface area contributed by atoms with Gasteiger partial charge in [0.15, 0.2) is 5.96 Å². The lowest BCUT2D eigenvalue weighted by Gasteiger charge is -2.37. The van der Waals surface area contributed by atoms with Gasteiger partial charge >= 0.3 is 0 Å². The topological polar surface area (TPSA) is 79.3 Å². The molecule has 150 valence electrons. The number of carbonyl (C=O) groups excluding carboxylic acids is 1. The Balaban J connectivity index is 0.00000261. The Morgan fingerprint density at radius 1 is 1.37 bits per heavy atom. The molecule has 1 amide bonds. The molecule has 0 radical (unpaired) electrons. The Kier molecular flexibility index (Phi) is 8.55. The van der Waals surface area contributed by atoms with Crippen LogP contribution in [0.5, 0.6) is 5.88 Å². The number of ether oxygens (including phenoxy) is 2. The lowest BCUT2D eigenvalue weighted by atomic mass is 10.2. The molecule has 8 nitrogen and oxygen atoms in total. The van der Waals surface area contributed by atoms with Crippen LogP contribution in [0.15, 0.2) is 23.3 Å². The van der Waals surface area contributed by atoms with Crippen LogP contribution in [0.3, 0.4) is 0 Å². The Morgan fingerprint density at radius 2 is 2.11 bits per heavy atom. The Hall–Kier alpha value is -1.62. The maximum atomic E-state index is 12.4. The van der Waals surface area contributed by atoms with E-state index in [9.17, 15) is 4.79 Å².